The predicted octanol–water partition coefficient (Wildman–Crippen LogP) is 2.47. The van der Waals surface area contributed by atoms with E-state index in [1.165, 1.54) is 5.56 Å². The topological polar surface area (TPSA) is 84.2 Å². The Labute approximate surface area is 185 Å². The van der Waals surface area contributed by atoms with Gasteiger partial charge in [0.1, 0.15) is 11.5 Å². The first-order valence-corrected chi connectivity index (χ1v) is 11.0. The average Bonchev–Trinajstić information content (AvgIpc) is 3.12. The second-order valence-corrected chi connectivity index (χ2v) is 7.64. The van der Waals surface area contributed by atoms with Crippen molar-refractivity contribution in [3.05, 3.63) is 46.8 Å². The number of morpholine rings is 1. The van der Waals surface area contributed by atoms with Crippen LogP contribution in [0.4, 0.5) is 0 Å². The number of guanidine groups is 1. The molecule has 0 radical (unpaired) electrons. The number of aliphatic imine (C=N–C) groups is 1. The molecule has 1 unspecified atom stereocenters. The highest BCUT2D eigenvalue weighted by molar-refractivity contribution is 5.79. The van der Waals surface area contributed by atoms with Crippen LogP contribution in [0, 0.1) is 13.8 Å². The van der Waals surface area contributed by atoms with Gasteiger partial charge in [0.25, 0.3) is 0 Å². The first-order chi connectivity index (χ1) is 15.1. The van der Waals surface area contributed by atoms with Gasteiger partial charge in [-0.15, -0.1) is 0 Å². The Kier molecular flexibility index (Phi) is 8.73. The van der Waals surface area contributed by atoms with Gasteiger partial charge in [-0.3, -0.25) is 9.89 Å². The molecule has 0 aliphatic carbocycles. The fraction of sp³-hybridized carbons (Fsp3) is 0.565. The molecule has 31 heavy (non-hydrogen) atoms. The summed E-state index contributed by atoms with van der Waals surface area (Å²) in [5.41, 5.74) is 3.35. The lowest BCUT2D eigenvalue weighted by Crippen LogP contribution is -2.42. The lowest BCUT2D eigenvalue weighted by atomic mass is 10.0. The summed E-state index contributed by atoms with van der Waals surface area (Å²) >= 11 is 0. The van der Waals surface area contributed by atoms with Crippen LogP contribution in [0.2, 0.25) is 0 Å². The fourth-order valence-electron chi connectivity index (χ4n) is 3.83. The van der Waals surface area contributed by atoms with Crippen LogP contribution in [0.3, 0.4) is 0 Å². The lowest BCUT2D eigenvalue weighted by Gasteiger charge is -2.34. The monoisotopic (exact) mass is 429 g/mol. The number of aryl methyl sites for hydroxylation is 2. The van der Waals surface area contributed by atoms with Crippen LogP contribution in [-0.2, 0) is 11.2 Å². The molecule has 1 saturated heterocycles. The second-order valence-electron chi connectivity index (χ2n) is 7.64. The summed E-state index contributed by atoms with van der Waals surface area (Å²) in [5, 5.41) is 10.8. The van der Waals surface area contributed by atoms with E-state index in [4.69, 9.17) is 19.0 Å². The number of nitrogens with one attached hydrogen (secondary N) is 2. The van der Waals surface area contributed by atoms with Crippen molar-refractivity contribution in [2.75, 3.05) is 53.0 Å². The van der Waals surface area contributed by atoms with Crippen LogP contribution in [0.25, 0.3) is 0 Å². The average molecular weight is 430 g/mol. The summed E-state index contributed by atoms with van der Waals surface area (Å²) < 4.78 is 16.1. The maximum Gasteiger partial charge on any atom is 0.191 e. The summed E-state index contributed by atoms with van der Waals surface area (Å²) in [4.78, 5) is 7.36. The molecule has 0 amide bonds. The molecule has 1 aliphatic rings. The zero-order valence-corrected chi connectivity index (χ0v) is 19.1. The summed E-state index contributed by atoms with van der Waals surface area (Å²) in [5.74, 6) is 2.57. The standard InChI is InChI=1S/C23H35N5O3/c1-5-24-23(25-11-10-21-17(2)27-31-18(21)3)26-16-22(28-12-14-30-15-13-28)19-6-8-20(29-4)9-7-19/h6-9,22H,5,10-16H2,1-4H3,(H2,24,25,26). The molecule has 2 aromatic rings. The van der Waals surface area contributed by atoms with Gasteiger partial charge in [-0.25, -0.2) is 0 Å². The normalized spacial score (nSPS) is 16.2. The maximum atomic E-state index is 5.56. The summed E-state index contributed by atoms with van der Waals surface area (Å²) in [7, 11) is 1.69. The van der Waals surface area contributed by atoms with Crippen molar-refractivity contribution in [3.8, 4) is 5.75 Å². The van der Waals surface area contributed by atoms with Crippen molar-refractivity contribution in [1.82, 2.24) is 20.7 Å². The highest BCUT2D eigenvalue weighted by Crippen LogP contribution is 2.24. The Hall–Kier alpha value is -2.58. The van der Waals surface area contributed by atoms with E-state index in [2.05, 4.69) is 39.7 Å². The van der Waals surface area contributed by atoms with Gasteiger partial charge < -0.3 is 24.6 Å². The Morgan fingerprint density at radius 1 is 1.19 bits per heavy atom. The number of methoxy groups -OCH3 is 1. The minimum Gasteiger partial charge on any atom is -0.497 e. The molecular weight excluding hydrogens is 394 g/mol. The minimum absolute atomic E-state index is 0.188. The Morgan fingerprint density at radius 2 is 1.94 bits per heavy atom. The molecule has 0 saturated carbocycles. The van der Waals surface area contributed by atoms with E-state index in [0.717, 1.165) is 74.5 Å². The van der Waals surface area contributed by atoms with E-state index in [0.29, 0.717) is 6.54 Å². The first kappa shape index (κ1) is 23.1. The van der Waals surface area contributed by atoms with E-state index >= 15 is 0 Å². The van der Waals surface area contributed by atoms with Gasteiger partial charge in [-0.2, -0.15) is 0 Å². The minimum atomic E-state index is 0.188. The molecule has 3 rings (SSSR count). The van der Waals surface area contributed by atoms with Crippen molar-refractivity contribution < 1.29 is 14.0 Å². The molecule has 1 fully saturated rings. The zero-order chi connectivity index (χ0) is 22.1. The molecular formula is C23H35N5O3. The largest absolute Gasteiger partial charge is 0.497 e. The molecule has 2 N–H and O–H groups in total. The second kappa shape index (κ2) is 11.7. The first-order valence-electron chi connectivity index (χ1n) is 11.0. The molecule has 170 valence electrons. The molecule has 1 aliphatic heterocycles. The molecule has 1 aromatic heterocycles. The van der Waals surface area contributed by atoms with E-state index in [-0.39, 0.29) is 6.04 Å². The van der Waals surface area contributed by atoms with Gasteiger partial charge in [0.15, 0.2) is 5.96 Å². The molecule has 0 spiro atoms. The molecule has 0 bridgehead atoms. The smallest absolute Gasteiger partial charge is 0.191 e. The van der Waals surface area contributed by atoms with Crippen LogP contribution in [0.15, 0.2) is 33.8 Å². The zero-order valence-electron chi connectivity index (χ0n) is 19.1. The van der Waals surface area contributed by atoms with Crippen molar-refractivity contribution in [2.24, 2.45) is 4.99 Å². The van der Waals surface area contributed by atoms with Crippen molar-refractivity contribution in [1.29, 1.82) is 0 Å². The van der Waals surface area contributed by atoms with Crippen LogP contribution in [0.1, 0.15) is 35.5 Å². The number of nitrogens with zero attached hydrogens (tertiary/aromatic N) is 3. The van der Waals surface area contributed by atoms with Gasteiger partial charge in [0.05, 0.1) is 38.6 Å². The van der Waals surface area contributed by atoms with E-state index in [1.54, 1.807) is 7.11 Å². The highest BCUT2D eigenvalue weighted by atomic mass is 16.5. The van der Waals surface area contributed by atoms with Crippen LogP contribution < -0.4 is 15.4 Å². The van der Waals surface area contributed by atoms with E-state index < -0.39 is 0 Å². The summed E-state index contributed by atoms with van der Waals surface area (Å²) in [6, 6.07) is 8.48. The van der Waals surface area contributed by atoms with Crippen molar-refractivity contribution in [3.63, 3.8) is 0 Å². The lowest BCUT2D eigenvalue weighted by molar-refractivity contribution is 0.0179. The van der Waals surface area contributed by atoms with Gasteiger partial charge in [-0.05, 0) is 44.9 Å². The third-order valence-electron chi connectivity index (χ3n) is 5.60. The van der Waals surface area contributed by atoms with Crippen molar-refractivity contribution >= 4 is 5.96 Å². The number of ether oxygens (including phenoxy) is 2. The molecule has 8 heteroatoms. The van der Waals surface area contributed by atoms with Gasteiger partial charge in [0, 0.05) is 31.7 Å². The highest BCUT2D eigenvalue weighted by Gasteiger charge is 2.22. The fourth-order valence-corrected chi connectivity index (χ4v) is 3.83. The Balaban J connectivity index is 1.68. The van der Waals surface area contributed by atoms with Gasteiger partial charge in [-0.1, -0.05) is 17.3 Å². The van der Waals surface area contributed by atoms with Gasteiger partial charge in [0.2, 0.25) is 0 Å². The number of rotatable bonds is 9. The number of aromatic nitrogens is 1. The number of hydrogen-bond donors (Lipinski definition) is 2. The van der Waals surface area contributed by atoms with E-state index in [1.807, 2.05) is 26.0 Å². The number of hydrogen-bond acceptors (Lipinski definition) is 6. The molecule has 2 heterocycles. The Morgan fingerprint density at radius 3 is 2.55 bits per heavy atom. The SMILES string of the molecule is CCNC(=NCC(c1ccc(OC)cc1)N1CCOCC1)NCCc1c(C)noc1C. The predicted molar refractivity (Wildman–Crippen MR) is 122 cm³/mol. The Bertz CT molecular complexity index is 809. The van der Waals surface area contributed by atoms with Crippen molar-refractivity contribution in [2.45, 2.75) is 33.2 Å². The quantitative estimate of drug-likeness (QED) is 0.468. The van der Waals surface area contributed by atoms with Gasteiger partial charge >= 0.3 is 0 Å². The van der Waals surface area contributed by atoms with Crippen LogP contribution in [0.5, 0.6) is 5.75 Å². The summed E-state index contributed by atoms with van der Waals surface area (Å²) in [6.07, 6.45) is 0.844. The molecule has 1 atom stereocenters. The maximum absolute atomic E-state index is 5.56. The van der Waals surface area contributed by atoms with E-state index in [9.17, 15) is 0 Å². The summed E-state index contributed by atoms with van der Waals surface area (Å²) in [6.45, 7) is 11.6. The third-order valence-corrected chi connectivity index (χ3v) is 5.60. The number of benzene rings is 1. The van der Waals surface area contributed by atoms with Crippen LogP contribution in [-0.4, -0.2) is 69.1 Å². The molecule has 1 aromatic carbocycles. The molecule has 8 nitrogen and oxygen atoms in total. The van der Waals surface area contributed by atoms with Crippen LogP contribution >= 0.6 is 0 Å². The third kappa shape index (κ3) is 6.45.